The Bertz CT molecular complexity index is 1020. The Hall–Kier alpha value is -2.40. The van der Waals surface area contributed by atoms with E-state index in [1.54, 1.807) is 0 Å². The van der Waals surface area contributed by atoms with Gasteiger partial charge >= 0.3 is 0 Å². The zero-order chi connectivity index (χ0) is 21.9. The highest BCUT2D eigenvalue weighted by atomic mass is 35.5. The van der Waals surface area contributed by atoms with Gasteiger partial charge in [0.25, 0.3) is 0 Å². The number of anilines is 1. The lowest BCUT2D eigenvalue weighted by atomic mass is 9.96. The van der Waals surface area contributed by atoms with Crippen molar-refractivity contribution < 1.29 is 0 Å². The molecular formula is C27H31ClN4. The van der Waals surface area contributed by atoms with E-state index in [-0.39, 0.29) is 0 Å². The Morgan fingerprint density at radius 1 is 0.906 bits per heavy atom. The van der Waals surface area contributed by atoms with Crippen LogP contribution in [0.3, 0.4) is 0 Å². The number of aromatic nitrogens is 1. The molecule has 166 valence electrons. The van der Waals surface area contributed by atoms with Crippen molar-refractivity contribution >= 4 is 17.4 Å². The number of nitrogens with one attached hydrogen (secondary N) is 1. The Kier molecular flexibility index (Phi) is 6.44. The quantitative estimate of drug-likeness (QED) is 0.516. The van der Waals surface area contributed by atoms with Crippen molar-refractivity contribution in [1.82, 2.24) is 15.2 Å². The molecule has 2 fully saturated rings. The number of nitrogens with zero attached hydrogens (tertiary/aromatic N) is 2. The highest BCUT2D eigenvalue weighted by Crippen LogP contribution is 2.37. The van der Waals surface area contributed by atoms with Crippen molar-refractivity contribution in [3.8, 4) is 11.3 Å². The molecule has 2 aliphatic heterocycles. The molecule has 32 heavy (non-hydrogen) atoms. The van der Waals surface area contributed by atoms with Crippen LogP contribution in [0, 0.1) is 0 Å². The number of benzene rings is 2. The Morgan fingerprint density at radius 3 is 2.28 bits per heavy atom. The van der Waals surface area contributed by atoms with E-state index in [4.69, 9.17) is 17.3 Å². The summed E-state index contributed by atoms with van der Waals surface area (Å²) in [5.74, 6) is 0.559. The molecule has 0 aliphatic carbocycles. The second-order valence-corrected chi connectivity index (χ2v) is 9.64. The third kappa shape index (κ3) is 4.98. The van der Waals surface area contributed by atoms with Gasteiger partial charge < -0.3 is 11.1 Å². The fourth-order valence-corrected chi connectivity index (χ4v) is 5.50. The first-order chi connectivity index (χ1) is 15.6. The summed E-state index contributed by atoms with van der Waals surface area (Å²) < 4.78 is 0. The van der Waals surface area contributed by atoms with Crippen molar-refractivity contribution in [3.63, 3.8) is 0 Å². The van der Waals surface area contributed by atoms with E-state index in [2.05, 4.69) is 51.6 Å². The highest BCUT2D eigenvalue weighted by molar-refractivity contribution is 6.30. The maximum Gasteiger partial charge on any atom is 0.124 e. The van der Waals surface area contributed by atoms with Gasteiger partial charge in [0.15, 0.2) is 0 Å². The van der Waals surface area contributed by atoms with Gasteiger partial charge in [-0.3, -0.25) is 4.90 Å². The molecule has 4 nitrogen and oxygen atoms in total. The number of hydrogen-bond acceptors (Lipinski definition) is 4. The number of hydrogen-bond donors (Lipinski definition) is 2. The summed E-state index contributed by atoms with van der Waals surface area (Å²) in [5, 5.41) is 4.66. The summed E-state index contributed by atoms with van der Waals surface area (Å²) in [6.45, 7) is 2.07. The smallest absolute Gasteiger partial charge is 0.124 e. The summed E-state index contributed by atoms with van der Waals surface area (Å²) >= 11 is 6.05. The fraction of sp³-hybridized carbons (Fsp3) is 0.370. The number of piperidine rings is 1. The molecule has 0 amide bonds. The van der Waals surface area contributed by atoms with Crippen molar-refractivity contribution in [2.24, 2.45) is 0 Å². The van der Waals surface area contributed by atoms with E-state index in [0.717, 1.165) is 35.8 Å². The van der Waals surface area contributed by atoms with E-state index in [1.165, 1.54) is 36.8 Å². The van der Waals surface area contributed by atoms with Gasteiger partial charge in [0.1, 0.15) is 5.82 Å². The first kappa shape index (κ1) is 21.4. The minimum atomic E-state index is 0.559. The molecule has 2 bridgehead atoms. The molecule has 2 atom stereocenters. The second kappa shape index (κ2) is 9.62. The molecule has 2 aromatic carbocycles. The first-order valence-corrected chi connectivity index (χ1v) is 12.1. The molecule has 0 spiro atoms. The molecule has 3 heterocycles. The van der Waals surface area contributed by atoms with Crippen LogP contribution in [0.15, 0.2) is 66.7 Å². The average molecular weight is 447 g/mol. The van der Waals surface area contributed by atoms with Crippen LogP contribution in [0.5, 0.6) is 0 Å². The number of rotatable bonds is 7. The van der Waals surface area contributed by atoms with E-state index < -0.39 is 0 Å². The molecule has 2 aliphatic rings. The highest BCUT2D eigenvalue weighted by Gasteiger charge is 2.40. The third-order valence-corrected chi connectivity index (χ3v) is 7.28. The maximum absolute atomic E-state index is 6.05. The molecule has 0 radical (unpaired) electrons. The summed E-state index contributed by atoms with van der Waals surface area (Å²) in [6.07, 6.45) is 6.21. The molecule has 5 heteroatoms. The zero-order valence-electron chi connectivity index (χ0n) is 18.4. The zero-order valence-corrected chi connectivity index (χ0v) is 19.1. The van der Waals surface area contributed by atoms with Gasteiger partial charge in [0.2, 0.25) is 0 Å². The van der Waals surface area contributed by atoms with Crippen LogP contribution in [0.25, 0.3) is 11.3 Å². The van der Waals surface area contributed by atoms with Gasteiger partial charge in [-0.15, -0.1) is 0 Å². The largest absolute Gasteiger partial charge is 0.384 e. The topological polar surface area (TPSA) is 54.2 Å². The minimum Gasteiger partial charge on any atom is -0.384 e. The lowest BCUT2D eigenvalue weighted by Crippen LogP contribution is -2.48. The molecule has 5 rings (SSSR count). The summed E-state index contributed by atoms with van der Waals surface area (Å²) in [7, 11) is 0. The Morgan fingerprint density at radius 2 is 1.59 bits per heavy atom. The number of halogens is 1. The number of pyridine rings is 1. The van der Waals surface area contributed by atoms with Gasteiger partial charge in [-0.2, -0.15) is 0 Å². The van der Waals surface area contributed by atoms with Crippen LogP contribution in [0.2, 0.25) is 5.02 Å². The molecule has 2 unspecified atom stereocenters. The predicted molar refractivity (Wildman–Crippen MR) is 133 cm³/mol. The van der Waals surface area contributed by atoms with Crippen LogP contribution < -0.4 is 11.1 Å². The monoisotopic (exact) mass is 446 g/mol. The van der Waals surface area contributed by atoms with Crippen molar-refractivity contribution in [3.05, 3.63) is 82.9 Å². The van der Waals surface area contributed by atoms with Crippen molar-refractivity contribution in [2.75, 3.05) is 12.3 Å². The van der Waals surface area contributed by atoms with Crippen molar-refractivity contribution in [1.29, 1.82) is 0 Å². The van der Waals surface area contributed by atoms with E-state index >= 15 is 0 Å². The van der Waals surface area contributed by atoms with E-state index in [1.807, 2.05) is 30.3 Å². The van der Waals surface area contributed by atoms with Gasteiger partial charge in [0, 0.05) is 35.3 Å². The molecule has 3 aromatic rings. The molecule has 1 aromatic heterocycles. The van der Waals surface area contributed by atoms with E-state index in [0.29, 0.717) is 23.9 Å². The maximum atomic E-state index is 6.05. The summed E-state index contributed by atoms with van der Waals surface area (Å²) in [6, 6.07) is 24.8. The van der Waals surface area contributed by atoms with Crippen LogP contribution >= 0.6 is 11.6 Å². The first-order valence-electron chi connectivity index (χ1n) is 11.7. The lowest BCUT2D eigenvalue weighted by molar-refractivity contribution is 0.109. The SMILES string of the molecule is Nc1cccc(-c2ccc(CCNC3CC4CCC(C3)N4Cc3ccc(Cl)cc3)cc2)n1. The lowest BCUT2D eigenvalue weighted by Gasteiger charge is -2.39. The fourth-order valence-electron chi connectivity index (χ4n) is 5.37. The predicted octanol–water partition coefficient (Wildman–Crippen LogP) is 5.31. The third-order valence-electron chi connectivity index (χ3n) is 7.03. The molecule has 2 saturated heterocycles. The molecule has 3 N–H and O–H groups in total. The Balaban J connectivity index is 1.11. The van der Waals surface area contributed by atoms with E-state index in [9.17, 15) is 0 Å². The average Bonchev–Trinajstić information content (AvgIpc) is 3.03. The van der Waals surface area contributed by atoms with Crippen LogP contribution in [0.4, 0.5) is 5.82 Å². The van der Waals surface area contributed by atoms with Gasteiger partial charge in [-0.1, -0.05) is 54.1 Å². The standard InChI is InChI=1S/C27H31ClN4/c28-22-10-6-20(7-11-22)18-32-24-12-13-25(32)17-23(16-24)30-15-14-19-4-8-21(9-5-19)26-2-1-3-27(29)31-26/h1-11,23-25,30H,12-18H2,(H2,29,31). The van der Waals surface area contributed by atoms with Crippen LogP contribution in [-0.2, 0) is 13.0 Å². The van der Waals surface area contributed by atoms with Crippen LogP contribution in [-0.4, -0.2) is 34.6 Å². The number of nitrogens with two attached hydrogens (primary N) is 1. The molecular weight excluding hydrogens is 416 g/mol. The number of nitrogen functional groups attached to an aromatic ring is 1. The Labute approximate surface area is 195 Å². The number of fused-ring (bicyclic) bond motifs is 2. The minimum absolute atomic E-state index is 0.559. The van der Waals surface area contributed by atoms with Gasteiger partial charge in [-0.25, -0.2) is 4.98 Å². The normalized spacial score (nSPS) is 22.8. The van der Waals surface area contributed by atoms with Crippen molar-refractivity contribution in [2.45, 2.75) is 56.8 Å². The van der Waals surface area contributed by atoms with Gasteiger partial charge in [0.05, 0.1) is 5.69 Å². The molecule has 0 saturated carbocycles. The van der Waals surface area contributed by atoms with Gasteiger partial charge in [-0.05, 0) is 74.0 Å². The second-order valence-electron chi connectivity index (χ2n) is 9.20. The van der Waals surface area contributed by atoms with Crippen LogP contribution in [0.1, 0.15) is 36.8 Å². The summed E-state index contributed by atoms with van der Waals surface area (Å²) in [4.78, 5) is 7.14. The summed E-state index contributed by atoms with van der Waals surface area (Å²) in [5.41, 5.74) is 10.6.